The summed E-state index contributed by atoms with van der Waals surface area (Å²) >= 11 is 1.72. The lowest BCUT2D eigenvalue weighted by Gasteiger charge is -2.29. The van der Waals surface area contributed by atoms with Gasteiger partial charge in [-0.3, -0.25) is 4.99 Å². The number of amidine groups is 1. The Morgan fingerprint density at radius 2 is 2.11 bits per heavy atom. The van der Waals surface area contributed by atoms with E-state index in [4.69, 9.17) is 9.73 Å². The predicted molar refractivity (Wildman–Crippen MR) is 77.4 cm³/mol. The number of nitrogens with zero attached hydrogens (tertiary/aromatic N) is 1. The number of aryl methyl sites for hydroxylation is 1. The van der Waals surface area contributed by atoms with Crippen molar-refractivity contribution in [3.05, 3.63) is 29.6 Å². The average Bonchev–Trinajstić information content (AvgIpc) is 2.71. The fourth-order valence-corrected chi connectivity index (χ4v) is 3.69. The summed E-state index contributed by atoms with van der Waals surface area (Å²) < 4.78 is 18.7. The van der Waals surface area contributed by atoms with Gasteiger partial charge in [0, 0.05) is 24.7 Å². The summed E-state index contributed by atoms with van der Waals surface area (Å²) in [5.41, 5.74) is 1.72. The van der Waals surface area contributed by atoms with Crippen molar-refractivity contribution < 1.29 is 9.13 Å². The van der Waals surface area contributed by atoms with Crippen molar-refractivity contribution in [2.24, 2.45) is 4.99 Å². The minimum Gasteiger partial charge on any atom is -0.381 e. The van der Waals surface area contributed by atoms with Crippen LogP contribution >= 0.6 is 11.8 Å². The zero-order chi connectivity index (χ0) is 13.3. The first-order chi connectivity index (χ1) is 9.15. The Labute approximate surface area is 116 Å². The largest absolute Gasteiger partial charge is 0.381 e. The molecule has 0 aromatic heterocycles. The summed E-state index contributed by atoms with van der Waals surface area (Å²) in [5, 5.41) is 4.12. The first-order valence-corrected chi connectivity index (χ1v) is 7.48. The first kappa shape index (κ1) is 12.9. The molecule has 3 rings (SSSR count). The maximum Gasteiger partial charge on any atom is 0.161 e. The van der Waals surface area contributed by atoms with Crippen LogP contribution in [0.15, 0.2) is 23.2 Å². The number of rotatable bonds is 1. The highest BCUT2D eigenvalue weighted by Gasteiger charge is 2.37. The normalized spacial score (nSPS) is 21.5. The zero-order valence-corrected chi connectivity index (χ0v) is 11.7. The molecule has 0 atom stereocenters. The number of hydrogen-bond donors (Lipinski definition) is 1. The van der Waals surface area contributed by atoms with Gasteiger partial charge < -0.3 is 10.1 Å². The van der Waals surface area contributed by atoms with Crippen LogP contribution in [0, 0.1) is 12.7 Å². The fraction of sp³-hybridized carbons (Fsp3) is 0.500. The first-order valence-electron chi connectivity index (χ1n) is 6.50. The summed E-state index contributed by atoms with van der Waals surface area (Å²) in [5.74, 6) is 0.777. The molecule has 0 bridgehead atoms. The number of anilines is 1. The molecule has 102 valence electrons. The van der Waals surface area contributed by atoms with E-state index >= 15 is 0 Å². The number of benzene rings is 1. The number of hydrogen-bond acceptors (Lipinski definition) is 4. The van der Waals surface area contributed by atoms with Crippen LogP contribution in [0.4, 0.5) is 10.1 Å². The van der Waals surface area contributed by atoms with Crippen LogP contribution in [-0.2, 0) is 4.74 Å². The van der Waals surface area contributed by atoms with Crippen LogP contribution in [0.1, 0.15) is 18.4 Å². The highest BCUT2D eigenvalue weighted by atomic mass is 32.2. The van der Waals surface area contributed by atoms with Crippen molar-refractivity contribution in [3.8, 4) is 0 Å². The Bertz CT molecular complexity index is 492. The van der Waals surface area contributed by atoms with E-state index in [1.165, 1.54) is 12.1 Å². The minimum absolute atomic E-state index is 0.0353. The molecule has 1 fully saturated rings. The quantitative estimate of drug-likeness (QED) is 0.857. The molecule has 0 saturated carbocycles. The van der Waals surface area contributed by atoms with Crippen LogP contribution in [-0.4, -0.2) is 29.7 Å². The second-order valence-corrected chi connectivity index (χ2v) is 6.15. The number of aliphatic imine (C=N–C) groups is 1. The Hall–Kier alpha value is -1.07. The molecule has 5 heteroatoms. The van der Waals surface area contributed by atoms with Gasteiger partial charge >= 0.3 is 0 Å². The topological polar surface area (TPSA) is 33.6 Å². The lowest BCUT2D eigenvalue weighted by atomic mass is 9.93. The molecular formula is C14H17FN2OS. The molecule has 0 unspecified atom stereocenters. The summed E-state index contributed by atoms with van der Waals surface area (Å²) in [4.78, 5) is 4.80. The van der Waals surface area contributed by atoms with Crippen LogP contribution in [0.5, 0.6) is 0 Å². The molecule has 0 radical (unpaired) electrons. The summed E-state index contributed by atoms with van der Waals surface area (Å²) in [6.45, 7) is 3.46. The van der Waals surface area contributed by atoms with Gasteiger partial charge in [0.1, 0.15) is 5.82 Å². The monoisotopic (exact) mass is 280 g/mol. The fourth-order valence-electron chi connectivity index (χ4n) is 2.49. The maximum atomic E-state index is 13.3. The molecule has 1 N–H and O–H groups in total. The van der Waals surface area contributed by atoms with Crippen LogP contribution < -0.4 is 5.32 Å². The van der Waals surface area contributed by atoms with Crippen LogP contribution in [0.2, 0.25) is 0 Å². The number of ether oxygens (including phenoxy) is 1. The summed E-state index contributed by atoms with van der Waals surface area (Å²) in [6.07, 6.45) is 1.96. The number of halogens is 1. The molecule has 3 nitrogen and oxygen atoms in total. The smallest absolute Gasteiger partial charge is 0.161 e. The molecule has 2 heterocycles. The van der Waals surface area contributed by atoms with E-state index in [1.807, 2.05) is 13.0 Å². The second-order valence-electron chi connectivity index (χ2n) is 5.18. The summed E-state index contributed by atoms with van der Waals surface area (Å²) in [6, 6.07) is 4.96. The predicted octanol–water partition coefficient (Wildman–Crippen LogP) is 3.20. The minimum atomic E-state index is -0.216. The summed E-state index contributed by atoms with van der Waals surface area (Å²) in [7, 11) is 0. The van der Waals surface area contributed by atoms with Gasteiger partial charge in [0.2, 0.25) is 0 Å². The highest BCUT2D eigenvalue weighted by Crippen LogP contribution is 2.36. The Balaban J connectivity index is 1.75. The SMILES string of the molecule is Cc1cc(F)cc(NC2=NC3(CCOCC3)CS2)c1. The molecule has 0 aliphatic carbocycles. The third-order valence-electron chi connectivity index (χ3n) is 3.53. The van der Waals surface area contributed by atoms with E-state index in [0.717, 1.165) is 48.2 Å². The standard InChI is InChI=1S/C14H17FN2OS/c1-10-6-11(15)8-12(7-10)16-13-17-14(9-19-13)2-4-18-5-3-14/h6-8H,2-5,9H2,1H3,(H,16,17). The Morgan fingerprint density at radius 3 is 2.84 bits per heavy atom. The molecule has 2 aliphatic heterocycles. The second kappa shape index (κ2) is 5.13. The average molecular weight is 280 g/mol. The molecule has 1 aromatic rings. The number of nitrogens with one attached hydrogen (secondary N) is 1. The van der Waals surface area contributed by atoms with Crippen molar-refractivity contribution in [2.75, 3.05) is 24.3 Å². The lowest BCUT2D eigenvalue weighted by Crippen LogP contribution is -2.34. The molecular weight excluding hydrogens is 263 g/mol. The van der Waals surface area contributed by atoms with E-state index in [0.29, 0.717) is 0 Å². The van der Waals surface area contributed by atoms with Gasteiger partial charge in [0.05, 0.1) is 5.54 Å². The molecule has 1 aromatic carbocycles. The van der Waals surface area contributed by atoms with E-state index in [2.05, 4.69) is 5.32 Å². The van der Waals surface area contributed by atoms with Crippen LogP contribution in [0.25, 0.3) is 0 Å². The van der Waals surface area contributed by atoms with Crippen molar-refractivity contribution in [1.82, 2.24) is 0 Å². The molecule has 2 aliphatic rings. The van der Waals surface area contributed by atoms with Gasteiger partial charge in [-0.25, -0.2) is 4.39 Å². The highest BCUT2D eigenvalue weighted by molar-refractivity contribution is 8.14. The van der Waals surface area contributed by atoms with Crippen LogP contribution in [0.3, 0.4) is 0 Å². The maximum absolute atomic E-state index is 13.3. The number of thioether (sulfide) groups is 1. The van der Waals surface area contributed by atoms with Crippen molar-refractivity contribution in [2.45, 2.75) is 25.3 Å². The van der Waals surface area contributed by atoms with Gasteiger partial charge in [-0.15, -0.1) is 0 Å². The lowest BCUT2D eigenvalue weighted by molar-refractivity contribution is 0.0624. The van der Waals surface area contributed by atoms with Crippen molar-refractivity contribution >= 4 is 22.6 Å². The van der Waals surface area contributed by atoms with E-state index in [-0.39, 0.29) is 11.4 Å². The van der Waals surface area contributed by atoms with Gasteiger partial charge in [-0.2, -0.15) is 0 Å². The third-order valence-corrected chi connectivity index (χ3v) is 4.68. The van der Waals surface area contributed by atoms with E-state index < -0.39 is 0 Å². The van der Waals surface area contributed by atoms with Gasteiger partial charge in [0.15, 0.2) is 5.17 Å². The van der Waals surface area contributed by atoms with E-state index in [9.17, 15) is 4.39 Å². The van der Waals surface area contributed by atoms with Gasteiger partial charge in [-0.05, 0) is 43.5 Å². The van der Waals surface area contributed by atoms with Gasteiger partial charge in [-0.1, -0.05) is 11.8 Å². The Kier molecular flexibility index (Phi) is 3.50. The van der Waals surface area contributed by atoms with Crippen molar-refractivity contribution in [1.29, 1.82) is 0 Å². The zero-order valence-electron chi connectivity index (χ0n) is 10.9. The molecule has 1 spiro atoms. The Morgan fingerprint density at radius 1 is 1.32 bits per heavy atom. The van der Waals surface area contributed by atoms with Gasteiger partial charge in [0.25, 0.3) is 0 Å². The third kappa shape index (κ3) is 2.92. The van der Waals surface area contributed by atoms with Crippen molar-refractivity contribution in [3.63, 3.8) is 0 Å². The molecule has 1 saturated heterocycles. The van der Waals surface area contributed by atoms with E-state index in [1.54, 1.807) is 11.8 Å². The molecule has 0 amide bonds. The molecule has 19 heavy (non-hydrogen) atoms.